The molecule has 0 spiro atoms. The van der Waals surface area contributed by atoms with E-state index in [1.54, 1.807) is 18.3 Å². The lowest BCUT2D eigenvalue weighted by Gasteiger charge is -2.13. The number of aromatic nitrogens is 4. The zero-order chi connectivity index (χ0) is 18.4. The molecule has 0 saturated heterocycles. The molecule has 142 valence electrons. The summed E-state index contributed by atoms with van der Waals surface area (Å²) >= 11 is 0. The Labute approximate surface area is 166 Å². The van der Waals surface area contributed by atoms with E-state index < -0.39 is 0 Å². The van der Waals surface area contributed by atoms with Crippen LogP contribution in [0.1, 0.15) is 30.3 Å². The predicted octanol–water partition coefficient (Wildman–Crippen LogP) is 5.17. The second kappa shape index (κ2) is 7.16. The minimum Gasteiger partial charge on any atom is -0.354 e. The highest BCUT2D eigenvalue weighted by Gasteiger charge is 2.29. The number of hydrogen-bond donors (Lipinski definition) is 1. The fraction of sp³-hybridized carbons (Fsp3) is 0.200. The van der Waals surface area contributed by atoms with Gasteiger partial charge in [-0.25, -0.2) is 14.4 Å². The highest BCUT2D eigenvalue weighted by atomic mass is 35.5. The number of hydrogen-bond acceptors (Lipinski definition) is 6. The Morgan fingerprint density at radius 2 is 2.00 bits per heavy atom. The standard InChI is InChI=1S/C20H16FN5O.ClH/c1-11-5-8-15-17(24-14-4-2-3-13(21)9-14)16(10-22-19(15)23-11)20-25-18(26-27-20)12-6-7-12;/h2-5,8-10,12H,6-7H2,1H3,(H,22,23,24);1H. The average Bonchev–Trinajstić information content (AvgIpc) is 3.39. The Kier molecular flexibility index (Phi) is 4.68. The van der Waals surface area contributed by atoms with Gasteiger partial charge in [0.25, 0.3) is 5.89 Å². The molecule has 5 rings (SSSR count). The number of anilines is 2. The van der Waals surface area contributed by atoms with Crippen LogP contribution in [0.25, 0.3) is 22.5 Å². The summed E-state index contributed by atoms with van der Waals surface area (Å²) in [5, 5.41) is 8.17. The molecule has 1 aliphatic carbocycles. The van der Waals surface area contributed by atoms with Gasteiger partial charge in [-0.3, -0.25) is 0 Å². The normalized spacial score (nSPS) is 13.4. The molecule has 6 nitrogen and oxygen atoms in total. The van der Waals surface area contributed by atoms with Crippen molar-refractivity contribution in [2.75, 3.05) is 5.32 Å². The van der Waals surface area contributed by atoms with Crippen molar-refractivity contribution < 1.29 is 8.91 Å². The van der Waals surface area contributed by atoms with Crippen LogP contribution in [0, 0.1) is 12.7 Å². The average molecular weight is 398 g/mol. The van der Waals surface area contributed by atoms with Crippen LogP contribution in [0.4, 0.5) is 15.8 Å². The molecule has 1 aromatic carbocycles. The topological polar surface area (TPSA) is 76.7 Å². The molecule has 0 unspecified atom stereocenters. The maximum Gasteiger partial charge on any atom is 0.261 e. The molecule has 0 radical (unpaired) electrons. The lowest BCUT2D eigenvalue weighted by Crippen LogP contribution is -1.99. The second-order valence-electron chi connectivity index (χ2n) is 6.74. The van der Waals surface area contributed by atoms with Gasteiger partial charge >= 0.3 is 0 Å². The third-order valence-corrected chi connectivity index (χ3v) is 4.58. The third kappa shape index (κ3) is 3.41. The van der Waals surface area contributed by atoms with Gasteiger partial charge < -0.3 is 9.84 Å². The van der Waals surface area contributed by atoms with Crippen molar-refractivity contribution in [2.45, 2.75) is 25.7 Å². The molecule has 0 amide bonds. The number of halogens is 2. The number of fused-ring (bicyclic) bond motifs is 1. The molecule has 28 heavy (non-hydrogen) atoms. The summed E-state index contributed by atoms with van der Waals surface area (Å²) in [6, 6.07) is 10.1. The molecule has 1 fully saturated rings. The predicted molar refractivity (Wildman–Crippen MR) is 106 cm³/mol. The van der Waals surface area contributed by atoms with Gasteiger partial charge in [-0.2, -0.15) is 4.98 Å². The smallest absolute Gasteiger partial charge is 0.261 e. The van der Waals surface area contributed by atoms with Crippen LogP contribution in [0.2, 0.25) is 0 Å². The molecule has 1 saturated carbocycles. The molecule has 0 atom stereocenters. The quantitative estimate of drug-likeness (QED) is 0.512. The Bertz CT molecular complexity index is 1160. The Hall–Kier alpha value is -3.06. The van der Waals surface area contributed by atoms with Crippen LogP contribution in [0.3, 0.4) is 0 Å². The highest BCUT2D eigenvalue weighted by Crippen LogP contribution is 2.40. The van der Waals surface area contributed by atoms with Crippen molar-refractivity contribution >= 4 is 34.8 Å². The van der Waals surface area contributed by atoms with Crippen LogP contribution in [0.5, 0.6) is 0 Å². The first-order valence-corrected chi connectivity index (χ1v) is 8.80. The Morgan fingerprint density at radius 1 is 1.14 bits per heavy atom. The summed E-state index contributed by atoms with van der Waals surface area (Å²) in [4.78, 5) is 13.5. The summed E-state index contributed by atoms with van der Waals surface area (Å²) in [6.45, 7) is 1.91. The summed E-state index contributed by atoms with van der Waals surface area (Å²) < 4.78 is 19.1. The molecular weight excluding hydrogens is 381 g/mol. The van der Waals surface area contributed by atoms with Crippen molar-refractivity contribution in [3.63, 3.8) is 0 Å². The van der Waals surface area contributed by atoms with E-state index in [1.807, 2.05) is 19.1 Å². The first-order valence-electron chi connectivity index (χ1n) is 8.80. The fourth-order valence-corrected chi connectivity index (χ4v) is 3.03. The van der Waals surface area contributed by atoms with E-state index in [0.717, 1.165) is 29.7 Å². The molecule has 3 aromatic heterocycles. The molecule has 1 aliphatic rings. The Morgan fingerprint density at radius 3 is 2.79 bits per heavy atom. The second-order valence-corrected chi connectivity index (χ2v) is 6.74. The summed E-state index contributed by atoms with van der Waals surface area (Å²) in [7, 11) is 0. The highest BCUT2D eigenvalue weighted by molar-refractivity contribution is 5.98. The first kappa shape index (κ1) is 18.3. The van der Waals surface area contributed by atoms with Crippen LogP contribution in [-0.4, -0.2) is 20.1 Å². The van der Waals surface area contributed by atoms with E-state index in [0.29, 0.717) is 34.4 Å². The summed E-state index contributed by atoms with van der Waals surface area (Å²) in [5.41, 5.74) is 3.46. The number of aryl methyl sites for hydroxylation is 1. The third-order valence-electron chi connectivity index (χ3n) is 4.58. The number of rotatable bonds is 4. The van der Waals surface area contributed by atoms with Gasteiger partial charge in [-0.05, 0) is 50.1 Å². The van der Waals surface area contributed by atoms with Crippen molar-refractivity contribution in [3.8, 4) is 11.5 Å². The van der Waals surface area contributed by atoms with Gasteiger partial charge in [0.1, 0.15) is 5.82 Å². The van der Waals surface area contributed by atoms with E-state index in [9.17, 15) is 4.39 Å². The molecule has 8 heteroatoms. The molecule has 3 heterocycles. The van der Waals surface area contributed by atoms with E-state index in [-0.39, 0.29) is 18.2 Å². The monoisotopic (exact) mass is 397 g/mol. The fourth-order valence-electron chi connectivity index (χ4n) is 3.03. The number of pyridine rings is 2. The Balaban J connectivity index is 0.00000192. The molecule has 0 aliphatic heterocycles. The molecule has 4 aromatic rings. The van der Waals surface area contributed by atoms with Crippen LogP contribution >= 0.6 is 12.4 Å². The first-order chi connectivity index (χ1) is 13.2. The summed E-state index contributed by atoms with van der Waals surface area (Å²) in [5.74, 6) is 1.19. The lowest BCUT2D eigenvalue weighted by molar-refractivity contribution is 0.423. The van der Waals surface area contributed by atoms with Crippen molar-refractivity contribution in [1.29, 1.82) is 0 Å². The maximum atomic E-state index is 13.7. The molecular formula is C20H17ClFN5O. The largest absolute Gasteiger partial charge is 0.354 e. The SMILES string of the molecule is Cc1ccc2c(Nc3cccc(F)c3)c(-c3nc(C4CC4)no3)cnc2n1.Cl. The van der Waals surface area contributed by atoms with E-state index in [4.69, 9.17) is 4.52 Å². The van der Waals surface area contributed by atoms with Gasteiger partial charge in [-0.1, -0.05) is 11.2 Å². The zero-order valence-electron chi connectivity index (χ0n) is 15.0. The van der Waals surface area contributed by atoms with Gasteiger partial charge in [0.05, 0.1) is 11.3 Å². The van der Waals surface area contributed by atoms with Crippen molar-refractivity contribution in [2.24, 2.45) is 0 Å². The van der Waals surface area contributed by atoms with Gasteiger partial charge in [0, 0.05) is 28.9 Å². The van der Waals surface area contributed by atoms with Crippen LogP contribution in [-0.2, 0) is 0 Å². The number of nitrogens with one attached hydrogen (secondary N) is 1. The number of nitrogens with zero attached hydrogens (tertiary/aromatic N) is 4. The summed E-state index contributed by atoms with van der Waals surface area (Å²) in [6.07, 6.45) is 3.85. The zero-order valence-corrected chi connectivity index (χ0v) is 15.8. The van der Waals surface area contributed by atoms with E-state index in [2.05, 4.69) is 25.4 Å². The van der Waals surface area contributed by atoms with Gasteiger partial charge in [-0.15, -0.1) is 12.4 Å². The van der Waals surface area contributed by atoms with Crippen LogP contribution < -0.4 is 5.32 Å². The lowest BCUT2D eigenvalue weighted by atomic mass is 10.1. The van der Waals surface area contributed by atoms with Gasteiger partial charge in [0.2, 0.25) is 0 Å². The minimum atomic E-state index is -0.317. The van der Waals surface area contributed by atoms with Crippen molar-refractivity contribution in [3.05, 3.63) is 59.9 Å². The van der Waals surface area contributed by atoms with Crippen LogP contribution in [0.15, 0.2) is 47.1 Å². The van der Waals surface area contributed by atoms with Crippen molar-refractivity contribution in [1.82, 2.24) is 20.1 Å². The van der Waals surface area contributed by atoms with E-state index >= 15 is 0 Å². The minimum absolute atomic E-state index is 0. The van der Waals surface area contributed by atoms with E-state index in [1.165, 1.54) is 12.1 Å². The van der Waals surface area contributed by atoms with Gasteiger partial charge in [0.15, 0.2) is 11.5 Å². The maximum absolute atomic E-state index is 13.7. The molecule has 1 N–H and O–H groups in total. The number of benzene rings is 1. The molecule has 0 bridgehead atoms.